The van der Waals surface area contributed by atoms with Crippen molar-refractivity contribution >= 4 is 29.2 Å². The van der Waals surface area contributed by atoms with Crippen molar-refractivity contribution in [2.45, 2.75) is 12.8 Å². The summed E-state index contributed by atoms with van der Waals surface area (Å²) >= 11 is 0. The van der Waals surface area contributed by atoms with E-state index in [9.17, 15) is 18.8 Å². The Morgan fingerprint density at radius 2 is 2.19 bits per heavy atom. The number of amides is 2. The van der Waals surface area contributed by atoms with Crippen LogP contribution in [0.15, 0.2) is 12.1 Å². The number of rotatable bonds is 4. The minimum atomic E-state index is -0.636. The Kier molecular flexibility index (Phi) is 4.36. The fourth-order valence-electron chi connectivity index (χ4n) is 1.79. The largest absolute Gasteiger partial charge is 0.479 e. The quantitative estimate of drug-likeness (QED) is 0.810. The molecular weight excluding hydrogens is 283 g/mol. The third kappa shape index (κ3) is 3.68. The van der Waals surface area contributed by atoms with Crippen LogP contribution in [0.25, 0.3) is 0 Å². The van der Waals surface area contributed by atoms with Crippen LogP contribution in [-0.2, 0) is 19.1 Å². The Morgan fingerprint density at radius 1 is 1.43 bits per heavy atom. The van der Waals surface area contributed by atoms with Crippen molar-refractivity contribution in [2.24, 2.45) is 0 Å². The van der Waals surface area contributed by atoms with E-state index < -0.39 is 23.6 Å². The highest BCUT2D eigenvalue weighted by atomic mass is 19.1. The van der Waals surface area contributed by atoms with Gasteiger partial charge in [0.2, 0.25) is 5.91 Å². The second-order valence-electron chi connectivity index (χ2n) is 4.29. The van der Waals surface area contributed by atoms with Gasteiger partial charge in [-0.1, -0.05) is 0 Å². The van der Waals surface area contributed by atoms with Gasteiger partial charge in [-0.2, -0.15) is 0 Å². The normalized spacial score (nSPS) is 12.8. The van der Waals surface area contributed by atoms with Crippen LogP contribution in [0.2, 0.25) is 0 Å². The Hall–Kier alpha value is -2.64. The van der Waals surface area contributed by atoms with E-state index in [-0.39, 0.29) is 36.6 Å². The molecule has 0 radical (unpaired) electrons. The van der Waals surface area contributed by atoms with Crippen molar-refractivity contribution in [1.29, 1.82) is 0 Å². The summed E-state index contributed by atoms with van der Waals surface area (Å²) in [4.78, 5) is 33.9. The van der Waals surface area contributed by atoms with E-state index in [2.05, 4.69) is 15.4 Å². The molecule has 1 heterocycles. The number of benzene rings is 1. The molecule has 1 aliphatic rings. The Labute approximate surface area is 119 Å². The summed E-state index contributed by atoms with van der Waals surface area (Å²) in [7, 11) is 1.22. The molecule has 1 aliphatic heterocycles. The minimum Gasteiger partial charge on any atom is -0.479 e. The average Bonchev–Trinajstić information content (AvgIpc) is 2.43. The molecule has 2 amide bonds. The van der Waals surface area contributed by atoms with Crippen molar-refractivity contribution in [1.82, 2.24) is 0 Å². The highest BCUT2D eigenvalue weighted by molar-refractivity contribution is 6.00. The van der Waals surface area contributed by atoms with Crippen molar-refractivity contribution in [3.8, 4) is 5.75 Å². The zero-order valence-electron chi connectivity index (χ0n) is 11.2. The summed E-state index contributed by atoms with van der Waals surface area (Å²) < 4.78 is 23.1. The molecule has 21 heavy (non-hydrogen) atoms. The lowest BCUT2D eigenvalue weighted by Crippen LogP contribution is -2.26. The second kappa shape index (κ2) is 6.21. The van der Waals surface area contributed by atoms with Gasteiger partial charge in [0.25, 0.3) is 5.91 Å². The number of fused-ring (bicyclic) bond motifs is 1. The molecule has 0 aromatic heterocycles. The summed E-state index contributed by atoms with van der Waals surface area (Å²) in [6.45, 7) is -0.219. The van der Waals surface area contributed by atoms with E-state index in [4.69, 9.17) is 4.74 Å². The van der Waals surface area contributed by atoms with Gasteiger partial charge < -0.3 is 20.1 Å². The molecule has 0 saturated heterocycles. The maximum absolute atomic E-state index is 13.5. The van der Waals surface area contributed by atoms with Gasteiger partial charge in [-0.15, -0.1) is 0 Å². The van der Waals surface area contributed by atoms with Crippen LogP contribution < -0.4 is 15.4 Å². The van der Waals surface area contributed by atoms with Gasteiger partial charge in [-0.3, -0.25) is 14.4 Å². The van der Waals surface area contributed by atoms with E-state index in [1.165, 1.54) is 7.11 Å². The fraction of sp³-hybridized carbons (Fsp3) is 0.308. The number of halogens is 1. The average molecular weight is 296 g/mol. The number of methoxy groups -OCH3 is 1. The molecule has 0 fully saturated rings. The smallest absolute Gasteiger partial charge is 0.306 e. The molecule has 0 saturated carbocycles. The maximum Gasteiger partial charge on any atom is 0.306 e. The molecule has 0 unspecified atom stereocenters. The van der Waals surface area contributed by atoms with Gasteiger partial charge in [0.05, 0.1) is 24.9 Å². The molecule has 1 aromatic carbocycles. The fourth-order valence-corrected chi connectivity index (χ4v) is 1.79. The number of anilines is 2. The summed E-state index contributed by atoms with van der Waals surface area (Å²) in [5.74, 6) is -1.87. The zero-order valence-corrected chi connectivity index (χ0v) is 11.2. The van der Waals surface area contributed by atoms with Crippen LogP contribution in [-0.4, -0.2) is 31.5 Å². The van der Waals surface area contributed by atoms with Crippen LogP contribution in [0.1, 0.15) is 12.8 Å². The number of ether oxygens (including phenoxy) is 2. The summed E-state index contributed by atoms with van der Waals surface area (Å²) in [6, 6.07) is 2.17. The number of esters is 1. The lowest BCUT2D eigenvalue weighted by molar-refractivity contribution is -0.141. The van der Waals surface area contributed by atoms with Crippen molar-refractivity contribution in [2.75, 3.05) is 24.4 Å². The first kappa shape index (κ1) is 14.8. The van der Waals surface area contributed by atoms with E-state index in [0.717, 1.165) is 12.1 Å². The molecule has 2 N–H and O–H groups in total. The Morgan fingerprint density at radius 3 is 2.90 bits per heavy atom. The van der Waals surface area contributed by atoms with Crippen molar-refractivity contribution < 1.29 is 28.2 Å². The lowest BCUT2D eigenvalue weighted by Gasteiger charge is -2.21. The molecular formula is C13H13FN2O5. The van der Waals surface area contributed by atoms with Gasteiger partial charge in [0, 0.05) is 18.6 Å². The summed E-state index contributed by atoms with van der Waals surface area (Å²) in [5.41, 5.74) is 0.245. The molecule has 0 spiro atoms. The zero-order chi connectivity index (χ0) is 15.4. The highest BCUT2D eigenvalue weighted by Crippen LogP contribution is 2.36. The molecule has 0 bridgehead atoms. The molecule has 1 aromatic rings. The topological polar surface area (TPSA) is 93.7 Å². The monoisotopic (exact) mass is 296 g/mol. The third-order valence-electron chi connectivity index (χ3n) is 2.73. The second-order valence-corrected chi connectivity index (χ2v) is 4.29. The maximum atomic E-state index is 13.5. The number of carbonyl (C=O) groups excluding carboxylic acids is 3. The number of hydrogen-bond acceptors (Lipinski definition) is 5. The first-order valence-electron chi connectivity index (χ1n) is 6.12. The lowest BCUT2D eigenvalue weighted by atomic mass is 10.2. The number of carbonyl (C=O) groups is 3. The molecule has 8 heteroatoms. The Bertz CT molecular complexity index is 602. The van der Waals surface area contributed by atoms with Gasteiger partial charge in [0.15, 0.2) is 12.4 Å². The first-order chi connectivity index (χ1) is 9.99. The minimum absolute atomic E-state index is 0.0859. The van der Waals surface area contributed by atoms with E-state index in [1.54, 1.807) is 0 Å². The van der Waals surface area contributed by atoms with Crippen molar-refractivity contribution in [3.05, 3.63) is 17.9 Å². The van der Waals surface area contributed by atoms with E-state index >= 15 is 0 Å². The molecule has 112 valence electrons. The standard InChI is InChI=1S/C13H13FN2O5/c1-20-12(19)3-2-10(17)15-8-4-7(14)5-9-13(8)21-6-11(18)16-9/h4-5H,2-3,6H2,1H3,(H,15,17)(H,16,18). The van der Waals surface area contributed by atoms with E-state index in [1.807, 2.05) is 0 Å². The third-order valence-corrected chi connectivity index (χ3v) is 2.73. The van der Waals surface area contributed by atoms with Gasteiger partial charge >= 0.3 is 5.97 Å². The van der Waals surface area contributed by atoms with Crippen LogP contribution >= 0.6 is 0 Å². The molecule has 2 rings (SSSR count). The van der Waals surface area contributed by atoms with Crippen LogP contribution in [0.3, 0.4) is 0 Å². The molecule has 7 nitrogen and oxygen atoms in total. The van der Waals surface area contributed by atoms with Gasteiger partial charge in [-0.25, -0.2) is 4.39 Å². The van der Waals surface area contributed by atoms with Crippen LogP contribution in [0.5, 0.6) is 5.75 Å². The Balaban J connectivity index is 2.11. The molecule has 0 aliphatic carbocycles. The summed E-state index contributed by atoms with van der Waals surface area (Å²) in [5, 5.41) is 4.89. The van der Waals surface area contributed by atoms with Crippen LogP contribution in [0, 0.1) is 5.82 Å². The SMILES string of the molecule is COC(=O)CCC(=O)Nc1cc(F)cc2c1OCC(=O)N2. The predicted octanol–water partition coefficient (Wildman–Crippen LogP) is 1.05. The van der Waals surface area contributed by atoms with Gasteiger partial charge in [0.1, 0.15) is 5.82 Å². The first-order valence-corrected chi connectivity index (χ1v) is 6.12. The molecule has 0 atom stereocenters. The number of hydrogen-bond donors (Lipinski definition) is 2. The summed E-state index contributed by atoms with van der Waals surface area (Å²) in [6.07, 6.45) is -0.193. The highest BCUT2D eigenvalue weighted by Gasteiger charge is 2.21. The number of nitrogens with one attached hydrogen (secondary N) is 2. The van der Waals surface area contributed by atoms with Crippen molar-refractivity contribution in [3.63, 3.8) is 0 Å². The van der Waals surface area contributed by atoms with Gasteiger partial charge in [-0.05, 0) is 0 Å². The van der Waals surface area contributed by atoms with Crippen LogP contribution in [0.4, 0.5) is 15.8 Å². The predicted molar refractivity (Wildman–Crippen MR) is 70.4 cm³/mol. The van der Waals surface area contributed by atoms with E-state index in [0.29, 0.717) is 0 Å².